The molecule has 1 aliphatic rings. The molecule has 82 heavy (non-hydrogen) atoms. The quantitative estimate of drug-likeness (QED) is 0.0379. The van der Waals surface area contributed by atoms with Crippen LogP contribution in [0.3, 0.4) is 0 Å². The highest BCUT2D eigenvalue weighted by Crippen LogP contribution is 2.47. The zero-order chi connectivity index (χ0) is 60.8. The first-order chi connectivity index (χ1) is 39.3. The maximum absolute atomic E-state index is 15.2. The number of hydroxylamine groups is 2. The molecular formula is C70H125N3O9. The Hall–Kier alpha value is -3.35. The Bertz CT molecular complexity index is 1880. The van der Waals surface area contributed by atoms with E-state index in [9.17, 15) is 14.4 Å². The third-order valence-electron chi connectivity index (χ3n) is 18.4. The number of ketones is 1. The number of carbonyl (C=O) groups excluding carboxylic acids is 5. The molecule has 1 N–H and O–H groups in total. The Morgan fingerprint density at radius 2 is 1.11 bits per heavy atom. The molecule has 9 atom stereocenters. The lowest BCUT2D eigenvalue weighted by Crippen LogP contribution is -2.69. The molecule has 12 nitrogen and oxygen atoms in total. The summed E-state index contributed by atoms with van der Waals surface area (Å²) in [5.41, 5.74) is -2.13. The van der Waals surface area contributed by atoms with Crippen LogP contribution in [0.25, 0.3) is 0 Å². The lowest BCUT2D eigenvalue weighted by atomic mass is 9.70. The van der Waals surface area contributed by atoms with Crippen LogP contribution in [0.2, 0.25) is 0 Å². The lowest BCUT2D eigenvalue weighted by molar-refractivity contribution is -0.336. The number of nitrogens with zero attached hydrogens (tertiary/aromatic N) is 2. The van der Waals surface area contributed by atoms with Gasteiger partial charge in [-0.2, -0.15) is 5.06 Å². The molecule has 0 aliphatic carbocycles. The number of nitrogens with one attached hydrogen (secondary N) is 1. The predicted octanol–water partition coefficient (Wildman–Crippen LogP) is 16.9. The van der Waals surface area contributed by atoms with E-state index in [1.54, 1.807) is 6.92 Å². The Morgan fingerprint density at radius 1 is 0.622 bits per heavy atom. The van der Waals surface area contributed by atoms with Gasteiger partial charge in [-0.05, 0) is 123 Å². The Balaban J connectivity index is 2.67. The minimum Gasteiger partial charge on any atom is -0.465 e. The van der Waals surface area contributed by atoms with Crippen molar-refractivity contribution in [2.45, 2.75) is 304 Å². The smallest absolute Gasteiger partial charge is 0.309 e. The molecule has 1 heterocycles. The van der Waals surface area contributed by atoms with Gasteiger partial charge < -0.3 is 24.4 Å². The van der Waals surface area contributed by atoms with E-state index >= 15 is 9.59 Å². The Kier molecular flexibility index (Phi) is 38.7. The molecule has 474 valence electrons. The summed E-state index contributed by atoms with van der Waals surface area (Å²) in [7, 11) is 3.99. The van der Waals surface area contributed by atoms with E-state index in [0.29, 0.717) is 44.6 Å². The van der Waals surface area contributed by atoms with Gasteiger partial charge in [-0.3, -0.25) is 28.8 Å². The predicted molar refractivity (Wildman–Crippen MR) is 337 cm³/mol. The maximum atomic E-state index is 15.2. The first-order valence-electron chi connectivity index (χ1n) is 33.8. The Morgan fingerprint density at radius 3 is 1.63 bits per heavy atom. The normalized spacial score (nSPS) is 20.2. The molecule has 0 saturated carbocycles. The van der Waals surface area contributed by atoms with Crippen LogP contribution in [0, 0.1) is 29.6 Å². The van der Waals surface area contributed by atoms with Gasteiger partial charge in [-0.1, -0.05) is 214 Å². The molecule has 1 aliphatic heterocycles. The van der Waals surface area contributed by atoms with Gasteiger partial charge in [-0.25, -0.2) is 0 Å². The SMILES string of the molecule is CCCCCCCCCCCCCCCCOC(=O)C(CC(CC(C)c1ccccc1)C(=O)OCCCC)CC(CC(C)(ON1C(C)(CC)CC(=O)C(C)C1(C)CC)C(=O)NCCCN(C)C)C(=O)OCCCCC(CCC)CCCC. The van der Waals surface area contributed by atoms with Crippen LogP contribution in [0.4, 0.5) is 0 Å². The average molecular weight is 1150 g/mol. The fourth-order valence-electron chi connectivity index (χ4n) is 12.4. The number of hydrogen-bond donors (Lipinski definition) is 1. The van der Waals surface area contributed by atoms with Crippen LogP contribution in [0.5, 0.6) is 0 Å². The van der Waals surface area contributed by atoms with Crippen molar-refractivity contribution in [3.63, 3.8) is 0 Å². The summed E-state index contributed by atoms with van der Waals surface area (Å²) >= 11 is 0. The first kappa shape index (κ1) is 74.7. The number of rotatable bonds is 49. The van der Waals surface area contributed by atoms with Gasteiger partial charge in [0, 0.05) is 25.3 Å². The van der Waals surface area contributed by atoms with E-state index in [1.807, 2.05) is 72.0 Å². The van der Waals surface area contributed by atoms with E-state index in [-0.39, 0.29) is 69.1 Å². The molecule has 1 aromatic carbocycles. The molecule has 1 saturated heterocycles. The standard InChI is InChI=1S/C70H125N3O9/c1-14-20-23-24-25-26-27-28-29-30-31-32-33-38-49-80-65(76)61(52-60(64(75)79-48-22-16-3)51-56(7)59-44-35-34-36-45-59)53-62(66(77)81-50-39-37-43-58(41-17-4)42-21-15-2)54-70(11,67(78)71-46-40-47-72(12)13)82-73-68(9,18-5)55-63(74)57(8)69(73,10)19-6/h34-36,44-45,56-58,60-62H,14-33,37-43,46-55H2,1-13H3,(H,71,78). The van der Waals surface area contributed by atoms with Crippen LogP contribution in [0.15, 0.2) is 30.3 Å². The first-order valence-corrected chi connectivity index (χ1v) is 33.8. The number of piperidine rings is 1. The van der Waals surface area contributed by atoms with Crippen molar-refractivity contribution in [3.05, 3.63) is 35.9 Å². The molecule has 1 aromatic rings. The average Bonchev–Trinajstić information content (AvgIpc) is 3.64. The van der Waals surface area contributed by atoms with Gasteiger partial charge in [0.15, 0.2) is 5.60 Å². The molecule has 0 aromatic heterocycles. The number of esters is 3. The summed E-state index contributed by atoms with van der Waals surface area (Å²) in [6.07, 6.45) is 29.6. The van der Waals surface area contributed by atoms with Crippen molar-refractivity contribution < 1.29 is 43.0 Å². The minimum atomic E-state index is -1.66. The second kappa shape index (κ2) is 42.5. The molecule has 12 heteroatoms. The highest BCUT2D eigenvalue weighted by atomic mass is 16.7. The van der Waals surface area contributed by atoms with E-state index in [1.165, 1.54) is 89.9 Å². The highest BCUT2D eigenvalue weighted by Gasteiger charge is 2.57. The second-order valence-corrected chi connectivity index (χ2v) is 26.0. The number of benzene rings is 1. The highest BCUT2D eigenvalue weighted by molar-refractivity contribution is 5.86. The molecular weight excluding hydrogens is 1030 g/mol. The molecule has 9 unspecified atom stereocenters. The van der Waals surface area contributed by atoms with Crippen LogP contribution in [0.1, 0.15) is 293 Å². The van der Waals surface area contributed by atoms with E-state index in [2.05, 4.69) is 57.0 Å². The van der Waals surface area contributed by atoms with Gasteiger partial charge in [0.1, 0.15) is 5.78 Å². The number of amides is 1. The molecule has 2 rings (SSSR count). The zero-order valence-corrected chi connectivity index (χ0v) is 55.1. The monoisotopic (exact) mass is 1150 g/mol. The van der Waals surface area contributed by atoms with Gasteiger partial charge in [0.05, 0.1) is 48.7 Å². The third-order valence-corrected chi connectivity index (χ3v) is 18.4. The van der Waals surface area contributed by atoms with Gasteiger partial charge in [0.25, 0.3) is 5.91 Å². The number of Topliss-reactive ketones (excluding diaryl/α,β-unsaturated/α-hetero) is 1. The summed E-state index contributed by atoms with van der Waals surface area (Å²) in [5, 5.41) is 5.11. The van der Waals surface area contributed by atoms with Crippen molar-refractivity contribution >= 4 is 29.6 Å². The summed E-state index contributed by atoms with van der Waals surface area (Å²) in [5.74, 6) is -3.96. The summed E-state index contributed by atoms with van der Waals surface area (Å²) in [4.78, 5) is 82.9. The van der Waals surface area contributed by atoms with Crippen LogP contribution >= 0.6 is 0 Å². The van der Waals surface area contributed by atoms with Crippen molar-refractivity contribution in [2.24, 2.45) is 29.6 Å². The molecule has 0 spiro atoms. The summed E-state index contributed by atoms with van der Waals surface area (Å²) < 4.78 is 18.5. The molecule has 1 fully saturated rings. The van der Waals surface area contributed by atoms with Crippen molar-refractivity contribution in [3.8, 4) is 0 Å². The third kappa shape index (κ3) is 27.8. The van der Waals surface area contributed by atoms with E-state index in [4.69, 9.17) is 19.0 Å². The second-order valence-electron chi connectivity index (χ2n) is 26.0. The van der Waals surface area contributed by atoms with Gasteiger partial charge >= 0.3 is 17.9 Å². The zero-order valence-electron chi connectivity index (χ0n) is 55.1. The largest absolute Gasteiger partial charge is 0.465 e. The van der Waals surface area contributed by atoms with Crippen molar-refractivity contribution in [1.29, 1.82) is 0 Å². The van der Waals surface area contributed by atoms with Crippen LogP contribution < -0.4 is 5.32 Å². The summed E-state index contributed by atoms with van der Waals surface area (Å²) in [6, 6.07) is 10.1. The van der Waals surface area contributed by atoms with Crippen LogP contribution in [-0.4, -0.2) is 103 Å². The maximum Gasteiger partial charge on any atom is 0.309 e. The van der Waals surface area contributed by atoms with E-state index in [0.717, 1.165) is 69.9 Å². The van der Waals surface area contributed by atoms with Gasteiger partial charge in [-0.15, -0.1) is 0 Å². The number of ether oxygens (including phenoxy) is 3. The number of carbonyl (C=O) groups is 5. The number of hydrogen-bond acceptors (Lipinski definition) is 11. The molecule has 0 radical (unpaired) electrons. The summed E-state index contributed by atoms with van der Waals surface area (Å²) in [6.45, 7) is 24.6. The molecule has 1 amide bonds. The molecule has 0 bridgehead atoms. The fourth-order valence-corrected chi connectivity index (χ4v) is 12.4. The number of unbranched alkanes of at least 4 members (excludes halogenated alkanes) is 16. The fraction of sp³-hybridized carbons (Fsp3) is 0.843. The topological polar surface area (TPSA) is 141 Å². The van der Waals surface area contributed by atoms with Crippen molar-refractivity contribution in [1.82, 2.24) is 15.3 Å². The van der Waals surface area contributed by atoms with Gasteiger partial charge in [0.2, 0.25) is 0 Å². The van der Waals surface area contributed by atoms with E-state index < -0.39 is 52.3 Å². The lowest BCUT2D eigenvalue weighted by Gasteiger charge is -2.57. The van der Waals surface area contributed by atoms with Crippen LogP contribution in [-0.2, 0) is 43.0 Å². The van der Waals surface area contributed by atoms with Crippen molar-refractivity contribution in [2.75, 3.05) is 47.0 Å². The minimum absolute atomic E-state index is 0.0255. The Labute approximate surface area is 502 Å².